The molecule has 0 N–H and O–H groups in total. The van der Waals surface area contributed by atoms with Crippen molar-refractivity contribution < 1.29 is 27.1 Å². The number of esters is 1. The van der Waals surface area contributed by atoms with Crippen LogP contribution < -0.4 is 0 Å². The molecular weight excluding hydrogens is 276 g/mol. The maximum Gasteiger partial charge on any atom is 0.416 e. The van der Waals surface area contributed by atoms with E-state index in [1.807, 2.05) is 6.92 Å². The summed E-state index contributed by atoms with van der Waals surface area (Å²) >= 11 is 0. The highest BCUT2D eigenvalue weighted by Crippen LogP contribution is 2.29. The molecule has 0 unspecified atom stereocenters. The third-order valence-corrected chi connectivity index (χ3v) is 2.46. The van der Waals surface area contributed by atoms with Gasteiger partial charge in [0.1, 0.15) is 0 Å². The van der Waals surface area contributed by atoms with Gasteiger partial charge in [0.05, 0.1) is 12.2 Å². The maximum atomic E-state index is 13.4. The molecule has 0 spiro atoms. The third-order valence-electron chi connectivity index (χ3n) is 2.46. The Hall–Kier alpha value is -1.85. The normalized spacial score (nSPS) is 12.3. The minimum Gasteiger partial charge on any atom is -0.460 e. The van der Waals surface area contributed by atoms with Crippen LogP contribution in [0, 0.1) is 0 Å². The third kappa shape index (κ3) is 5.03. The van der Waals surface area contributed by atoms with Crippen molar-refractivity contribution in [2.75, 3.05) is 6.61 Å². The Morgan fingerprint density at radius 1 is 1.25 bits per heavy atom. The van der Waals surface area contributed by atoms with Crippen molar-refractivity contribution in [2.45, 2.75) is 25.9 Å². The van der Waals surface area contributed by atoms with Gasteiger partial charge >= 0.3 is 12.1 Å². The molecule has 0 amide bonds. The Morgan fingerprint density at radius 3 is 2.35 bits per heavy atom. The van der Waals surface area contributed by atoms with Crippen molar-refractivity contribution in [1.29, 1.82) is 0 Å². The van der Waals surface area contributed by atoms with E-state index in [1.54, 1.807) is 0 Å². The van der Waals surface area contributed by atoms with Crippen LogP contribution in [0.5, 0.6) is 0 Å². The van der Waals surface area contributed by atoms with Gasteiger partial charge in [-0.05, 0) is 30.2 Å². The number of carbonyl (C=O) groups is 1. The number of alkyl halides is 3. The van der Waals surface area contributed by atoms with Gasteiger partial charge < -0.3 is 4.74 Å². The van der Waals surface area contributed by atoms with Gasteiger partial charge in [-0.3, -0.25) is 0 Å². The van der Waals surface area contributed by atoms with E-state index >= 15 is 0 Å². The number of ether oxygens (including phenoxy) is 1. The second-order valence-corrected chi connectivity index (χ2v) is 4.10. The molecule has 2 nitrogen and oxygen atoms in total. The molecule has 20 heavy (non-hydrogen) atoms. The molecule has 110 valence electrons. The highest BCUT2D eigenvalue weighted by atomic mass is 19.4. The van der Waals surface area contributed by atoms with Gasteiger partial charge in [-0.25, -0.2) is 4.79 Å². The molecule has 0 aromatic heterocycles. The van der Waals surface area contributed by atoms with Crippen LogP contribution >= 0.6 is 0 Å². The predicted molar refractivity (Wildman–Crippen MR) is 66.4 cm³/mol. The minimum atomic E-state index is -4.44. The molecule has 6 heteroatoms. The molecule has 0 radical (unpaired) electrons. The van der Waals surface area contributed by atoms with Crippen molar-refractivity contribution in [3.8, 4) is 0 Å². The first-order valence-corrected chi connectivity index (χ1v) is 6.06. The molecule has 1 rings (SSSR count). The molecule has 0 bridgehead atoms. The summed E-state index contributed by atoms with van der Waals surface area (Å²) in [6, 6.07) is 3.81. The summed E-state index contributed by atoms with van der Waals surface area (Å²) in [5.41, 5.74) is -0.677. The summed E-state index contributed by atoms with van der Waals surface area (Å²) in [5, 5.41) is 0. The van der Waals surface area contributed by atoms with E-state index in [-0.39, 0.29) is 12.2 Å². The first-order chi connectivity index (χ1) is 9.34. The minimum absolute atomic E-state index is 0.115. The first-order valence-electron chi connectivity index (χ1n) is 6.06. The van der Waals surface area contributed by atoms with Crippen LogP contribution in [0.2, 0.25) is 0 Å². The molecule has 1 aromatic rings. The summed E-state index contributed by atoms with van der Waals surface area (Å²) in [6.45, 7) is 2.01. The van der Waals surface area contributed by atoms with E-state index in [0.29, 0.717) is 6.42 Å². The molecule has 0 aliphatic heterocycles. The molecule has 0 aliphatic carbocycles. The number of halogens is 4. The fraction of sp³-hybridized carbons (Fsp3) is 0.357. The van der Waals surface area contributed by atoms with Crippen LogP contribution in [0.15, 0.2) is 30.1 Å². The van der Waals surface area contributed by atoms with Crippen molar-refractivity contribution >= 4 is 12.0 Å². The lowest BCUT2D eigenvalue weighted by atomic mass is 10.1. The number of hydrogen-bond donors (Lipinski definition) is 0. The highest BCUT2D eigenvalue weighted by molar-refractivity contribution is 5.91. The second kappa shape index (κ2) is 7.07. The molecule has 0 atom stereocenters. The van der Waals surface area contributed by atoms with Gasteiger partial charge in [-0.1, -0.05) is 25.5 Å². The molecular formula is C14H14F4O2. The fourth-order valence-corrected chi connectivity index (χ4v) is 1.35. The number of unbranched alkanes of at least 4 members (excludes halogenated alkanes) is 1. The zero-order valence-electron chi connectivity index (χ0n) is 10.8. The Bertz CT molecular complexity index is 475. The molecule has 0 fully saturated rings. The number of benzene rings is 1. The molecule has 0 heterocycles. The van der Waals surface area contributed by atoms with E-state index in [2.05, 4.69) is 4.74 Å². The number of carbonyl (C=O) groups excluding carboxylic acids is 1. The van der Waals surface area contributed by atoms with E-state index in [1.165, 1.54) is 0 Å². The van der Waals surface area contributed by atoms with Gasteiger partial charge in [0.15, 0.2) is 0 Å². The second-order valence-electron chi connectivity index (χ2n) is 4.10. The van der Waals surface area contributed by atoms with E-state index < -0.39 is 23.5 Å². The largest absolute Gasteiger partial charge is 0.460 e. The number of rotatable bonds is 5. The maximum absolute atomic E-state index is 13.4. The lowest BCUT2D eigenvalue weighted by Gasteiger charge is -2.06. The molecule has 0 aliphatic rings. The van der Waals surface area contributed by atoms with E-state index in [4.69, 9.17) is 0 Å². The highest BCUT2D eigenvalue weighted by Gasteiger charge is 2.29. The lowest BCUT2D eigenvalue weighted by Crippen LogP contribution is -2.06. The smallest absolute Gasteiger partial charge is 0.416 e. The quantitative estimate of drug-likeness (QED) is 0.348. The fourth-order valence-electron chi connectivity index (χ4n) is 1.35. The Kier molecular flexibility index (Phi) is 5.73. The average molecular weight is 290 g/mol. The van der Waals surface area contributed by atoms with Crippen molar-refractivity contribution in [2.24, 2.45) is 0 Å². The van der Waals surface area contributed by atoms with Gasteiger partial charge in [0.2, 0.25) is 5.83 Å². The topological polar surface area (TPSA) is 26.3 Å². The average Bonchev–Trinajstić information content (AvgIpc) is 2.38. The molecule has 0 saturated carbocycles. The van der Waals surface area contributed by atoms with Gasteiger partial charge in [0, 0.05) is 0 Å². The summed E-state index contributed by atoms with van der Waals surface area (Å²) < 4.78 is 55.0. The number of hydrogen-bond acceptors (Lipinski definition) is 2. The van der Waals surface area contributed by atoms with E-state index in [0.717, 1.165) is 36.8 Å². The van der Waals surface area contributed by atoms with Crippen LogP contribution in [-0.2, 0) is 15.7 Å². The SMILES string of the molecule is CCCCOC(=O)C(F)=Cc1ccc(C(F)(F)F)cc1. The summed E-state index contributed by atoms with van der Waals surface area (Å²) in [5.74, 6) is -2.25. The zero-order chi connectivity index (χ0) is 15.2. The van der Waals surface area contributed by atoms with Gasteiger partial charge in [0.25, 0.3) is 0 Å². The Labute approximate surface area is 114 Å². The van der Waals surface area contributed by atoms with E-state index in [9.17, 15) is 22.4 Å². The van der Waals surface area contributed by atoms with Gasteiger partial charge in [-0.15, -0.1) is 0 Å². The van der Waals surface area contributed by atoms with Gasteiger partial charge in [-0.2, -0.15) is 17.6 Å². The van der Waals surface area contributed by atoms with Crippen LogP contribution in [0.25, 0.3) is 6.08 Å². The van der Waals surface area contributed by atoms with Crippen molar-refractivity contribution in [3.63, 3.8) is 0 Å². The monoisotopic (exact) mass is 290 g/mol. The Morgan fingerprint density at radius 2 is 1.85 bits per heavy atom. The van der Waals surface area contributed by atoms with Crippen LogP contribution in [-0.4, -0.2) is 12.6 Å². The first kappa shape index (κ1) is 16.2. The zero-order valence-corrected chi connectivity index (χ0v) is 10.8. The summed E-state index contributed by atoms with van der Waals surface area (Å²) in [6.07, 6.45) is -2.18. The Balaban J connectivity index is 2.71. The summed E-state index contributed by atoms with van der Waals surface area (Å²) in [4.78, 5) is 11.2. The van der Waals surface area contributed by atoms with Crippen molar-refractivity contribution in [3.05, 3.63) is 41.2 Å². The van der Waals surface area contributed by atoms with Crippen LogP contribution in [0.1, 0.15) is 30.9 Å². The molecule has 0 saturated heterocycles. The van der Waals surface area contributed by atoms with Crippen LogP contribution in [0.3, 0.4) is 0 Å². The predicted octanol–water partition coefficient (Wildman–Crippen LogP) is 4.36. The van der Waals surface area contributed by atoms with Crippen LogP contribution in [0.4, 0.5) is 17.6 Å². The standard InChI is InChI=1S/C14H14F4O2/c1-2-3-8-20-13(19)12(15)9-10-4-6-11(7-5-10)14(16,17)18/h4-7,9H,2-3,8H2,1H3. The lowest BCUT2D eigenvalue weighted by molar-refractivity contribution is -0.140. The molecule has 1 aromatic carbocycles. The van der Waals surface area contributed by atoms with Crippen molar-refractivity contribution in [1.82, 2.24) is 0 Å². The summed E-state index contributed by atoms with van der Waals surface area (Å²) in [7, 11) is 0.